The van der Waals surface area contributed by atoms with Crippen molar-refractivity contribution in [1.29, 1.82) is 0 Å². The monoisotopic (exact) mass is 292 g/mol. The van der Waals surface area contributed by atoms with Crippen LogP contribution in [0.25, 0.3) is 0 Å². The first-order chi connectivity index (χ1) is 9.67. The molecule has 1 aliphatic carbocycles. The van der Waals surface area contributed by atoms with Crippen molar-refractivity contribution >= 4 is 23.0 Å². The van der Waals surface area contributed by atoms with Crippen molar-refractivity contribution < 1.29 is 4.79 Å². The van der Waals surface area contributed by atoms with Gasteiger partial charge in [0.25, 0.3) is 5.91 Å². The number of hydrogen-bond donors (Lipinski definition) is 1. The van der Waals surface area contributed by atoms with Crippen LogP contribution in [-0.4, -0.2) is 11.6 Å². The van der Waals surface area contributed by atoms with E-state index in [2.05, 4.69) is 37.4 Å². The highest BCUT2D eigenvalue weighted by molar-refractivity contribution is 7.14. The Balaban J connectivity index is 2.05. The van der Waals surface area contributed by atoms with Crippen molar-refractivity contribution in [3.63, 3.8) is 0 Å². The third-order valence-corrected chi connectivity index (χ3v) is 5.35. The molecular formula is C16H24N2OS. The van der Waals surface area contributed by atoms with Gasteiger partial charge in [-0.25, -0.2) is 5.43 Å². The molecular weight excluding hydrogens is 268 g/mol. The van der Waals surface area contributed by atoms with E-state index in [9.17, 15) is 4.79 Å². The third kappa shape index (κ3) is 3.48. The van der Waals surface area contributed by atoms with Gasteiger partial charge >= 0.3 is 0 Å². The Morgan fingerprint density at radius 2 is 2.15 bits per heavy atom. The van der Waals surface area contributed by atoms with Crippen LogP contribution in [0.3, 0.4) is 0 Å². The SMILES string of the molecule is CCC(CC)=NNC(=O)c1cc2c(s1)CC[C@@H](CC)C2. The lowest BCUT2D eigenvalue weighted by Crippen LogP contribution is -2.18. The van der Waals surface area contributed by atoms with Crippen LogP contribution in [0, 0.1) is 5.92 Å². The van der Waals surface area contributed by atoms with Crippen molar-refractivity contribution in [2.45, 2.75) is 59.3 Å². The number of aryl methyl sites for hydroxylation is 1. The number of hydrazone groups is 1. The standard InChI is InChI=1S/C16H24N2OS/c1-4-11-7-8-14-12(9-11)10-15(20-14)16(19)18-17-13(5-2)6-3/h10-11H,4-9H2,1-3H3,(H,18,19)/t11-/m1/s1. The molecule has 1 atom stereocenters. The summed E-state index contributed by atoms with van der Waals surface area (Å²) in [6.45, 7) is 6.37. The topological polar surface area (TPSA) is 41.5 Å². The van der Waals surface area contributed by atoms with Crippen molar-refractivity contribution in [3.05, 3.63) is 21.4 Å². The van der Waals surface area contributed by atoms with Gasteiger partial charge in [-0.2, -0.15) is 5.10 Å². The zero-order valence-corrected chi connectivity index (χ0v) is 13.5. The number of hydrogen-bond acceptors (Lipinski definition) is 3. The van der Waals surface area contributed by atoms with Crippen LogP contribution in [-0.2, 0) is 12.8 Å². The van der Waals surface area contributed by atoms with Crippen molar-refractivity contribution in [2.75, 3.05) is 0 Å². The summed E-state index contributed by atoms with van der Waals surface area (Å²) >= 11 is 1.64. The fourth-order valence-corrected chi connectivity index (χ4v) is 3.75. The van der Waals surface area contributed by atoms with Gasteiger partial charge in [0.1, 0.15) is 0 Å². The molecule has 0 aromatic carbocycles. The average molecular weight is 292 g/mol. The van der Waals surface area contributed by atoms with Crippen LogP contribution < -0.4 is 5.43 Å². The Morgan fingerprint density at radius 1 is 1.40 bits per heavy atom. The number of carbonyl (C=O) groups is 1. The maximum atomic E-state index is 12.1. The molecule has 1 aromatic rings. The van der Waals surface area contributed by atoms with E-state index in [1.165, 1.54) is 23.3 Å². The lowest BCUT2D eigenvalue weighted by atomic mass is 9.87. The maximum Gasteiger partial charge on any atom is 0.281 e. The number of nitrogens with one attached hydrogen (secondary N) is 1. The molecule has 0 radical (unpaired) electrons. The molecule has 1 aliphatic rings. The summed E-state index contributed by atoms with van der Waals surface area (Å²) in [7, 11) is 0. The molecule has 0 unspecified atom stereocenters. The molecule has 4 heteroatoms. The minimum atomic E-state index is -0.0585. The number of fused-ring (bicyclic) bond motifs is 1. The molecule has 1 amide bonds. The normalized spacial score (nSPS) is 17.4. The summed E-state index contributed by atoms with van der Waals surface area (Å²) in [5.41, 5.74) is 5.11. The first-order valence-corrected chi connectivity index (χ1v) is 8.46. The van der Waals surface area contributed by atoms with Crippen LogP contribution in [0.1, 0.15) is 66.6 Å². The summed E-state index contributed by atoms with van der Waals surface area (Å²) in [5.74, 6) is 0.731. The third-order valence-electron chi connectivity index (χ3n) is 4.12. The highest BCUT2D eigenvalue weighted by Gasteiger charge is 2.21. The van der Waals surface area contributed by atoms with Gasteiger partial charge in [0, 0.05) is 10.6 Å². The number of nitrogens with zero attached hydrogens (tertiary/aromatic N) is 1. The van der Waals surface area contributed by atoms with Crippen LogP contribution >= 0.6 is 11.3 Å². The van der Waals surface area contributed by atoms with E-state index >= 15 is 0 Å². The molecule has 0 spiro atoms. The van der Waals surface area contributed by atoms with E-state index in [1.807, 2.05) is 0 Å². The number of rotatable bonds is 5. The lowest BCUT2D eigenvalue weighted by molar-refractivity contribution is 0.0958. The van der Waals surface area contributed by atoms with Gasteiger partial charge in [-0.05, 0) is 49.7 Å². The van der Waals surface area contributed by atoms with Gasteiger partial charge in [0.2, 0.25) is 0 Å². The van der Waals surface area contributed by atoms with Gasteiger partial charge < -0.3 is 0 Å². The van der Waals surface area contributed by atoms with Crippen molar-refractivity contribution in [2.24, 2.45) is 11.0 Å². The van der Waals surface area contributed by atoms with Gasteiger partial charge in [-0.15, -0.1) is 11.3 Å². The van der Waals surface area contributed by atoms with E-state index < -0.39 is 0 Å². The summed E-state index contributed by atoms with van der Waals surface area (Å²) in [4.78, 5) is 14.3. The molecule has 1 aromatic heterocycles. The maximum absolute atomic E-state index is 12.1. The molecule has 20 heavy (non-hydrogen) atoms. The number of carbonyl (C=O) groups excluding carboxylic acids is 1. The predicted molar refractivity (Wildman–Crippen MR) is 85.6 cm³/mol. The molecule has 0 saturated heterocycles. The molecule has 1 N–H and O–H groups in total. The second-order valence-corrected chi connectivity index (χ2v) is 6.54. The molecule has 0 aliphatic heterocycles. The van der Waals surface area contributed by atoms with E-state index in [4.69, 9.17) is 0 Å². The molecule has 0 saturated carbocycles. The Bertz CT molecular complexity index is 499. The van der Waals surface area contributed by atoms with Crippen LogP contribution in [0.4, 0.5) is 0 Å². The highest BCUT2D eigenvalue weighted by Crippen LogP contribution is 2.33. The van der Waals surface area contributed by atoms with Gasteiger partial charge in [-0.1, -0.05) is 27.2 Å². The average Bonchev–Trinajstić information content (AvgIpc) is 2.90. The Kier molecular flexibility index (Phi) is 5.35. The first-order valence-electron chi connectivity index (χ1n) is 7.65. The fourth-order valence-electron chi connectivity index (χ4n) is 2.65. The van der Waals surface area contributed by atoms with Gasteiger partial charge in [0.15, 0.2) is 0 Å². The van der Waals surface area contributed by atoms with E-state index in [-0.39, 0.29) is 5.91 Å². The van der Waals surface area contributed by atoms with E-state index in [1.54, 1.807) is 11.3 Å². The summed E-state index contributed by atoms with van der Waals surface area (Å²) in [5, 5.41) is 4.20. The summed E-state index contributed by atoms with van der Waals surface area (Å²) in [6, 6.07) is 2.07. The fraction of sp³-hybridized carbons (Fsp3) is 0.625. The predicted octanol–water partition coefficient (Wildman–Crippen LogP) is 4.17. The molecule has 2 rings (SSSR count). The van der Waals surface area contributed by atoms with Crippen LogP contribution in [0.5, 0.6) is 0 Å². The second-order valence-electron chi connectivity index (χ2n) is 5.40. The Morgan fingerprint density at radius 3 is 2.80 bits per heavy atom. The first kappa shape index (κ1) is 15.2. The highest BCUT2D eigenvalue weighted by atomic mass is 32.1. The molecule has 0 fully saturated rings. The zero-order chi connectivity index (χ0) is 14.5. The summed E-state index contributed by atoms with van der Waals surface area (Å²) in [6.07, 6.45) is 6.53. The molecule has 110 valence electrons. The van der Waals surface area contributed by atoms with Crippen LogP contribution in [0.15, 0.2) is 11.2 Å². The van der Waals surface area contributed by atoms with Gasteiger partial charge in [0.05, 0.1) is 4.88 Å². The van der Waals surface area contributed by atoms with Crippen molar-refractivity contribution in [3.8, 4) is 0 Å². The lowest BCUT2D eigenvalue weighted by Gasteiger charge is -2.19. The Hall–Kier alpha value is -1.16. The molecule has 3 nitrogen and oxygen atoms in total. The minimum absolute atomic E-state index is 0.0585. The van der Waals surface area contributed by atoms with E-state index in [0.717, 1.165) is 42.2 Å². The van der Waals surface area contributed by atoms with E-state index in [0.29, 0.717) is 0 Å². The van der Waals surface area contributed by atoms with Crippen molar-refractivity contribution in [1.82, 2.24) is 5.43 Å². The van der Waals surface area contributed by atoms with Gasteiger partial charge in [-0.3, -0.25) is 4.79 Å². The smallest absolute Gasteiger partial charge is 0.266 e. The minimum Gasteiger partial charge on any atom is -0.266 e. The molecule has 0 bridgehead atoms. The van der Waals surface area contributed by atoms with Crippen LogP contribution in [0.2, 0.25) is 0 Å². The zero-order valence-electron chi connectivity index (χ0n) is 12.7. The number of amides is 1. The number of thiophene rings is 1. The quantitative estimate of drug-likeness (QED) is 0.642. The second kappa shape index (κ2) is 7.02. The molecule has 1 heterocycles. The largest absolute Gasteiger partial charge is 0.281 e. The Labute approximate surface area is 125 Å². The summed E-state index contributed by atoms with van der Waals surface area (Å²) < 4.78 is 0.